The smallest absolute Gasteiger partial charge is 0.249 e. The Balaban J connectivity index is 1.66. The molecule has 0 unspecified atom stereocenters. The number of aromatic nitrogens is 1. The molecule has 2 heterocycles. The van der Waals surface area contributed by atoms with Gasteiger partial charge in [-0.15, -0.1) is 0 Å². The summed E-state index contributed by atoms with van der Waals surface area (Å²) in [4.78, 5) is 8.79. The van der Waals surface area contributed by atoms with Crippen LogP contribution in [0.3, 0.4) is 0 Å². The van der Waals surface area contributed by atoms with Crippen molar-refractivity contribution in [3.8, 4) is 0 Å². The average Bonchev–Trinajstić information content (AvgIpc) is 2.98. The fraction of sp³-hybridized carbons (Fsp3) is 0.400. The van der Waals surface area contributed by atoms with E-state index in [4.69, 9.17) is 5.14 Å². The van der Waals surface area contributed by atoms with E-state index in [0.717, 1.165) is 42.6 Å². The van der Waals surface area contributed by atoms with Gasteiger partial charge in [-0.1, -0.05) is 41.7 Å². The second-order valence-corrected chi connectivity index (χ2v) is 8.57. The van der Waals surface area contributed by atoms with Gasteiger partial charge in [-0.05, 0) is 12.5 Å². The van der Waals surface area contributed by atoms with Crippen LogP contribution in [0.5, 0.6) is 0 Å². The minimum Gasteiger partial charge on any atom is -0.343 e. The van der Waals surface area contributed by atoms with E-state index < -0.39 is 10.0 Å². The first-order valence-corrected chi connectivity index (χ1v) is 9.81. The van der Waals surface area contributed by atoms with Gasteiger partial charge in [0.2, 0.25) is 10.0 Å². The molecule has 8 heteroatoms. The number of hydrogen-bond acceptors (Lipinski definition) is 6. The third-order valence-corrected chi connectivity index (χ3v) is 6.40. The van der Waals surface area contributed by atoms with Gasteiger partial charge in [0.25, 0.3) is 0 Å². The molecule has 2 N–H and O–H groups in total. The van der Waals surface area contributed by atoms with Gasteiger partial charge in [-0.25, -0.2) is 18.5 Å². The van der Waals surface area contributed by atoms with Crippen molar-refractivity contribution in [1.82, 2.24) is 9.88 Å². The molecule has 124 valence electrons. The zero-order valence-corrected chi connectivity index (χ0v) is 14.6. The normalized spacial score (nSPS) is 19.9. The molecule has 1 aliphatic rings. The number of anilines is 1. The summed E-state index contributed by atoms with van der Waals surface area (Å²) in [7, 11) is -3.67. The molecular formula is C15H20N4O2S2. The van der Waals surface area contributed by atoms with Crippen LogP contribution in [0.25, 0.3) is 0 Å². The molecular weight excluding hydrogens is 332 g/mol. The van der Waals surface area contributed by atoms with Gasteiger partial charge in [0.1, 0.15) is 0 Å². The van der Waals surface area contributed by atoms with Crippen molar-refractivity contribution in [1.29, 1.82) is 0 Å². The highest BCUT2D eigenvalue weighted by Crippen LogP contribution is 2.28. The lowest BCUT2D eigenvalue weighted by atomic mass is 10.1. The highest BCUT2D eigenvalue weighted by atomic mass is 32.2. The third kappa shape index (κ3) is 3.89. The SMILES string of the molecule is C[C@@H]1CN(Cc2ccccc2)CCN1c1ncc(S(N)(=O)=O)s1. The molecule has 1 saturated heterocycles. The monoisotopic (exact) mass is 352 g/mol. The number of nitrogens with two attached hydrogens (primary N) is 1. The molecule has 0 saturated carbocycles. The van der Waals surface area contributed by atoms with Crippen molar-refractivity contribution >= 4 is 26.5 Å². The summed E-state index contributed by atoms with van der Waals surface area (Å²) >= 11 is 1.14. The van der Waals surface area contributed by atoms with Crippen LogP contribution in [0.15, 0.2) is 40.7 Å². The van der Waals surface area contributed by atoms with Crippen LogP contribution in [-0.2, 0) is 16.6 Å². The molecule has 3 rings (SSSR count). The zero-order chi connectivity index (χ0) is 16.4. The Bertz CT molecular complexity index is 761. The lowest BCUT2D eigenvalue weighted by Crippen LogP contribution is -2.51. The van der Waals surface area contributed by atoms with Crippen LogP contribution in [0.4, 0.5) is 5.13 Å². The molecule has 1 fully saturated rings. The van der Waals surface area contributed by atoms with E-state index in [9.17, 15) is 8.42 Å². The summed E-state index contributed by atoms with van der Waals surface area (Å²) in [6, 6.07) is 10.7. The van der Waals surface area contributed by atoms with Crippen LogP contribution in [-0.4, -0.2) is 44.0 Å². The third-order valence-electron chi connectivity index (χ3n) is 3.96. The molecule has 23 heavy (non-hydrogen) atoms. The maximum Gasteiger partial charge on any atom is 0.249 e. The van der Waals surface area contributed by atoms with Gasteiger partial charge in [-0.3, -0.25) is 4.90 Å². The summed E-state index contributed by atoms with van der Waals surface area (Å²) in [5.41, 5.74) is 1.30. The Labute approximate surface area is 140 Å². The topological polar surface area (TPSA) is 79.5 Å². The standard InChI is InChI=1S/C15H20N4O2S2/c1-12-10-18(11-13-5-3-2-4-6-13)7-8-19(12)15-17-9-14(22-15)23(16,20)21/h2-6,9,12H,7-8,10-11H2,1H3,(H2,16,20,21)/t12-/m1/s1. The summed E-state index contributed by atoms with van der Waals surface area (Å²) in [5.74, 6) is 0. The highest BCUT2D eigenvalue weighted by Gasteiger charge is 2.26. The van der Waals surface area contributed by atoms with Crippen LogP contribution >= 0.6 is 11.3 Å². The number of nitrogens with zero attached hydrogens (tertiary/aromatic N) is 3. The van der Waals surface area contributed by atoms with Crippen molar-refractivity contribution in [2.24, 2.45) is 5.14 Å². The molecule has 0 bridgehead atoms. The summed E-state index contributed by atoms with van der Waals surface area (Å²) in [5, 5.41) is 5.88. The average molecular weight is 352 g/mol. The number of piperazine rings is 1. The zero-order valence-electron chi connectivity index (χ0n) is 12.9. The number of benzene rings is 1. The lowest BCUT2D eigenvalue weighted by Gasteiger charge is -2.39. The summed E-state index contributed by atoms with van der Waals surface area (Å²) in [6.07, 6.45) is 1.35. The quantitative estimate of drug-likeness (QED) is 0.902. The van der Waals surface area contributed by atoms with Gasteiger partial charge >= 0.3 is 0 Å². The number of sulfonamides is 1. The first-order valence-electron chi connectivity index (χ1n) is 7.45. The Morgan fingerprint density at radius 2 is 2.04 bits per heavy atom. The van der Waals surface area contributed by atoms with Crippen molar-refractivity contribution in [3.63, 3.8) is 0 Å². The van der Waals surface area contributed by atoms with Gasteiger partial charge in [-0.2, -0.15) is 0 Å². The predicted octanol–water partition coefficient (Wildman–Crippen LogP) is 1.50. The van der Waals surface area contributed by atoms with E-state index in [1.54, 1.807) is 0 Å². The van der Waals surface area contributed by atoms with E-state index in [1.165, 1.54) is 11.8 Å². The van der Waals surface area contributed by atoms with Crippen molar-refractivity contribution in [2.75, 3.05) is 24.5 Å². The molecule has 2 aromatic rings. The Morgan fingerprint density at radius 1 is 1.30 bits per heavy atom. The Hall–Kier alpha value is -1.48. The maximum atomic E-state index is 11.4. The molecule has 1 aromatic carbocycles. The van der Waals surface area contributed by atoms with Gasteiger partial charge in [0, 0.05) is 32.2 Å². The fourth-order valence-corrected chi connectivity index (χ4v) is 4.48. The van der Waals surface area contributed by atoms with E-state index in [1.807, 2.05) is 6.07 Å². The van der Waals surface area contributed by atoms with E-state index in [2.05, 4.69) is 46.0 Å². The van der Waals surface area contributed by atoms with E-state index in [-0.39, 0.29) is 10.3 Å². The number of thiazole rings is 1. The summed E-state index contributed by atoms with van der Waals surface area (Å²) < 4.78 is 22.9. The molecule has 0 amide bonds. The number of rotatable bonds is 4. The predicted molar refractivity (Wildman–Crippen MR) is 92.0 cm³/mol. The van der Waals surface area contributed by atoms with Gasteiger partial charge < -0.3 is 4.90 Å². The molecule has 6 nitrogen and oxygen atoms in total. The Kier molecular flexibility index (Phi) is 4.67. The second-order valence-electron chi connectivity index (χ2n) is 5.77. The molecule has 0 radical (unpaired) electrons. The van der Waals surface area contributed by atoms with E-state index >= 15 is 0 Å². The van der Waals surface area contributed by atoms with Gasteiger partial charge in [0.15, 0.2) is 9.34 Å². The second kappa shape index (κ2) is 6.56. The van der Waals surface area contributed by atoms with Crippen LogP contribution < -0.4 is 10.0 Å². The molecule has 0 spiro atoms. The molecule has 1 atom stereocenters. The highest BCUT2D eigenvalue weighted by molar-refractivity contribution is 7.91. The van der Waals surface area contributed by atoms with Crippen LogP contribution in [0.1, 0.15) is 12.5 Å². The summed E-state index contributed by atoms with van der Waals surface area (Å²) in [6.45, 7) is 5.72. The van der Waals surface area contributed by atoms with Crippen molar-refractivity contribution < 1.29 is 8.42 Å². The Morgan fingerprint density at radius 3 is 2.65 bits per heavy atom. The maximum absolute atomic E-state index is 11.4. The van der Waals surface area contributed by atoms with Crippen molar-refractivity contribution in [2.45, 2.75) is 23.7 Å². The van der Waals surface area contributed by atoms with Gasteiger partial charge in [0.05, 0.1) is 6.20 Å². The molecule has 1 aliphatic heterocycles. The first kappa shape index (κ1) is 16.4. The number of primary sulfonamides is 1. The largest absolute Gasteiger partial charge is 0.343 e. The number of hydrogen-bond donors (Lipinski definition) is 1. The first-order chi connectivity index (χ1) is 10.9. The minimum absolute atomic E-state index is 0.117. The van der Waals surface area contributed by atoms with E-state index in [0.29, 0.717) is 0 Å². The molecule has 0 aliphatic carbocycles. The minimum atomic E-state index is -3.67. The van der Waals surface area contributed by atoms with Crippen molar-refractivity contribution in [3.05, 3.63) is 42.1 Å². The lowest BCUT2D eigenvalue weighted by molar-refractivity contribution is 0.221. The van der Waals surface area contributed by atoms with Crippen LogP contribution in [0, 0.1) is 0 Å². The molecule has 1 aromatic heterocycles. The van der Waals surface area contributed by atoms with Crippen LogP contribution in [0.2, 0.25) is 0 Å². The fourth-order valence-electron chi connectivity index (χ4n) is 2.82.